The first-order valence-corrected chi connectivity index (χ1v) is 10.6. The van der Waals surface area contributed by atoms with Crippen LogP contribution in [0.5, 0.6) is 0 Å². The molecule has 4 rings (SSSR count). The molecule has 1 aromatic heterocycles. The summed E-state index contributed by atoms with van der Waals surface area (Å²) in [5.41, 5.74) is 1.99. The number of benzene rings is 1. The molecule has 1 N–H and O–H groups in total. The topological polar surface area (TPSA) is 86.0 Å². The van der Waals surface area contributed by atoms with Gasteiger partial charge in [0.05, 0.1) is 19.6 Å². The van der Waals surface area contributed by atoms with Crippen molar-refractivity contribution in [2.24, 2.45) is 0 Å². The molecule has 1 amide bonds. The highest BCUT2D eigenvalue weighted by Gasteiger charge is 2.34. The molecule has 0 atom stereocenters. The van der Waals surface area contributed by atoms with E-state index in [9.17, 15) is 13.2 Å². The SMILES string of the molecule is O=C(Cc1c[nH]c2ccccc12)N1CCN(S(=O)(=O)N2CCOCC2)CC1. The summed E-state index contributed by atoms with van der Waals surface area (Å²) >= 11 is 0. The summed E-state index contributed by atoms with van der Waals surface area (Å²) in [6.07, 6.45) is 2.20. The third kappa shape index (κ3) is 3.73. The van der Waals surface area contributed by atoms with E-state index < -0.39 is 10.2 Å². The molecule has 0 radical (unpaired) electrons. The van der Waals surface area contributed by atoms with Crippen LogP contribution in [-0.4, -0.2) is 85.3 Å². The molecule has 146 valence electrons. The van der Waals surface area contributed by atoms with E-state index in [1.54, 1.807) is 4.90 Å². The lowest BCUT2D eigenvalue weighted by molar-refractivity contribution is -0.131. The Morgan fingerprint density at radius 2 is 1.67 bits per heavy atom. The summed E-state index contributed by atoms with van der Waals surface area (Å²) in [5.74, 6) is 0.0307. The largest absolute Gasteiger partial charge is 0.379 e. The Morgan fingerprint density at radius 1 is 1.00 bits per heavy atom. The van der Waals surface area contributed by atoms with Gasteiger partial charge in [-0.1, -0.05) is 18.2 Å². The minimum Gasteiger partial charge on any atom is -0.379 e. The molecule has 3 heterocycles. The fourth-order valence-electron chi connectivity index (χ4n) is 3.66. The van der Waals surface area contributed by atoms with Crippen LogP contribution in [0.2, 0.25) is 0 Å². The molecule has 2 fully saturated rings. The summed E-state index contributed by atoms with van der Waals surface area (Å²) in [4.78, 5) is 17.6. The highest BCUT2D eigenvalue weighted by molar-refractivity contribution is 7.86. The molecule has 2 aliphatic rings. The molecule has 27 heavy (non-hydrogen) atoms. The summed E-state index contributed by atoms with van der Waals surface area (Å²) in [6, 6.07) is 7.90. The van der Waals surface area contributed by atoms with Crippen molar-refractivity contribution >= 4 is 27.0 Å². The van der Waals surface area contributed by atoms with E-state index in [1.807, 2.05) is 30.5 Å². The van der Waals surface area contributed by atoms with E-state index in [2.05, 4.69) is 4.98 Å². The lowest BCUT2D eigenvalue weighted by atomic mass is 10.1. The molecule has 0 bridgehead atoms. The normalized spacial score (nSPS) is 20.2. The zero-order valence-electron chi connectivity index (χ0n) is 15.1. The van der Waals surface area contributed by atoms with Gasteiger partial charge in [-0.2, -0.15) is 17.0 Å². The van der Waals surface area contributed by atoms with Gasteiger partial charge in [0, 0.05) is 56.4 Å². The Kier molecular flexibility index (Phi) is 5.18. The fourth-order valence-corrected chi connectivity index (χ4v) is 5.22. The molecule has 0 spiro atoms. The van der Waals surface area contributed by atoms with Crippen molar-refractivity contribution in [2.45, 2.75) is 6.42 Å². The molecule has 2 saturated heterocycles. The van der Waals surface area contributed by atoms with Crippen molar-refractivity contribution in [3.8, 4) is 0 Å². The first-order valence-electron chi connectivity index (χ1n) is 9.21. The Balaban J connectivity index is 1.36. The summed E-state index contributed by atoms with van der Waals surface area (Å²) in [7, 11) is -3.47. The Labute approximate surface area is 158 Å². The lowest BCUT2D eigenvalue weighted by Gasteiger charge is -2.37. The average Bonchev–Trinajstić information content (AvgIpc) is 3.12. The summed E-state index contributed by atoms with van der Waals surface area (Å²) in [6.45, 7) is 3.16. The van der Waals surface area contributed by atoms with Crippen molar-refractivity contribution in [1.29, 1.82) is 0 Å². The molecule has 0 saturated carbocycles. The zero-order valence-corrected chi connectivity index (χ0v) is 16.0. The number of aromatic amines is 1. The highest BCUT2D eigenvalue weighted by Crippen LogP contribution is 2.20. The number of morpholine rings is 1. The molecular weight excluding hydrogens is 368 g/mol. The van der Waals surface area contributed by atoms with Crippen molar-refractivity contribution in [3.63, 3.8) is 0 Å². The van der Waals surface area contributed by atoms with Gasteiger partial charge in [-0.15, -0.1) is 0 Å². The van der Waals surface area contributed by atoms with Crippen LogP contribution in [0.25, 0.3) is 10.9 Å². The maximum Gasteiger partial charge on any atom is 0.282 e. The summed E-state index contributed by atoms with van der Waals surface area (Å²) < 4.78 is 33.6. The van der Waals surface area contributed by atoms with Gasteiger partial charge in [0.1, 0.15) is 0 Å². The zero-order chi connectivity index (χ0) is 18.9. The predicted molar refractivity (Wildman–Crippen MR) is 101 cm³/mol. The van der Waals surface area contributed by atoms with E-state index in [4.69, 9.17) is 4.74 Å². The van der Waals surface area contributed by atoms with Gasteiger partial charge in [-0.25, -0.2) is 0 Å². The van der Waals surface area contributed by atoms with Gasteiger partial charge in [-0.3, -0.25) is 4.79 Å². The van der Waals surface area contributed by atoms with Gasteiger partial charge >= 0.3 is 0 Å². The summed E-state index contributed by atoms with van der Waals surface area (Å²) in [5, 5.41) is 1.05. The van der Waals surface area contributed by atoms with Crippen LogP contribution in [0.15, 0.2) is 30.5 Å². The van der Waals surface area contributed by atoms with Gasteiger partial charge in [-0.05, 0) is 11.6 Å². The second-order valence-corrected chi connectivity index (χ2v) is 8.76. The molecule has 0 aliphatic carbocycles. The number of nitrogens with zero attached hydrogens (tertiary/aromatic N) is 3. The number of hydrogen-bond acceptors (Lipinski definition) is 4. The lowest BCUT2D eigenvalue weighted by Crippen LogP contribution is -2.55. The van der Waals surface area contributed by atoms with Crippen LogP contribution in [-0.2, 0) is 26.2 Å². The van der Waals surface area contributed by atoms with E-state index in [0.717, 1.165) is 16.5 Å². The quantitative estimate of drug-likeness (QED) is 0.818. The smallest absolute Gasteiger partial charge is 0.282 e. The molecular formula is C18H24N4O4S. The monoisotopic (exact) mass is 392 g/mol. The number of carbonyl (C=O) groups excluding carboxylic acids is 1. The van der Waals surface area contributed by atoms with Crippen molar-refractivity contribution in [2.75, 3.05) is 52.5 Å². The third-order valence-corrected chi connectivity index (χ3v) is 7.27. The second-order valence-electron chi connectivity index (χ2n) is 6.84. The minimum atomic E-state index is -3.47. The number of rotatable bonds is 4. The van der Waals surface area contributed by atoms with Gasteiger partial charge in [0.2, 0.25) is 5.91 Å². The maximum atomic E-state index is 12.7. The maximum absolute atomic E-state index is 12.7. The first kappa shape index (κ1) is 18.4. The van der Waals surface area contributed by atoms with Crippen LogP contribution in [0.1, 0.15) is 5.56 Å². The Hall–Kier alpha value is -1.94. The van der Waals surface area contributed by atoms with Crippen molar-refractivity contribution < 1.29 is 17.9 Å². The third-order valence-electron chi connectivity index (χ3n) is 5.23. The molecule has 1 aromatic carbocycles. The van der Waals surface area contributed by atoms with Gasteiger partial charge < -0.3 is 14.6 Å². The Bertz CT molecular complexity index is 912. The van der Waals surface area contributed by atoms with Crippen molar-refractivity contribution in [1.82, 2.24) is 18.5 Å². The van der Waals surface area contributed by atoms with Crippen LogP contribution < -0.4 is 0 Å². The number of ether oxygens (including phenoxy) is 1. The van der Waals surface area contributed by atoms with E-state index in [0.29, 0.717) is 58.9 Å². The van der Waals surface area contributed by atoms with Crippen LogP contribution in [0, 0.1) is 0 Å². The highest BCUT2D eigenvalue weighted by atomic mass is 32.2. The van der Waals surface area contributed by atoms with E-state index >= 15 is 0 Å². The number of nitrogens with one attached hydrogen (secondary N) is 1. The molecule has 2 aromatic rings. The number of carbonyl (C=O) groups is 1. The van der Waals surface area contributed by atoms with Crippen LogP contribution >= 0.6 is 0 Å². The minimum absolute atomic E-state index is 0.0307. The number of H-pyrrole nitrogens is 1. The molecule has 2 aliphatic heterocycles. The number of hydrogen-bond donors (Lipinski definition) is 1. The number of piperazine rings is 1. The molecule has 8 nitrogen and oxygen atoms in total. The van der Waals surface area contributed by atoms with Gasteiger partial charge in [0.15, 0.2) is 0 Å². The number of para-hydroxylation sites is 1. The number of aromatic nitrogens is 1. The van der Waals surface area contributed by atoms with Crippen molar-refractivity contribution in [3.05, 3.63) is 36.0 Å². The number of fused-ring (bicyclic) bond motifs is 1. The van der Waals surface area contributed by atoms with Crippen LogP contribution in [0.3, 0.4) is 0 Å². The van der Waals surface area contributed by atoms with E-state index in [1.165, 1.54) is 8.61 Å². The first-order chi connectivity index (χ1) is 13.1. The van der Waals surface area contributed by atoms with Crippen LogP contribution in [0.4, 0.5) is 0 Å². The average molecular weight is 392 g/mol. The number of amides is 1. The molecule has 9 heteroatoms. The molecule has 0 unspecified atom stereocenters. The second kappa shape index (κ2) is 7.59. The van der Waals surface area contributed by atoms with E-state index in [-0.39, 0.29) is 5.91 Å². The van der Waals surface area contributed by atoms with Gasteiger partial charge in [0.25, 0.3) is 10.2 Å². The standard InChI is InChI=1S/C18H24N4O4S/c23-18(13-15-14-19-17-4-2-1-3-16(15)17)20-5-7-21(8-6-20)27(24,25)22-9-11-26-12-10-22/h1-4,14,19H,5-13H2. The predicted octanol–water partition coefficient (Wildman–Crippen LogP) is 0.432. The Morgan fingerprint density at radius 3 is 2.41 bits per heavy atom. The fraction of sp³-hybridized carbons (Fsp3) is 0.500.